The number of carbonyl (C=O) groups excluding carboxylic acids is 1. The maximum atomic E-state index is 13.2. The number of nitrogens with one attached hydrogen (secondary N) is 2. The van der Waals surface area contributed by atoms with Crippen molar-refractivity contribution in [1.82, 2.24) is 4.72 Å². The minimum Gasteiger partial charge on any atom is -0.495 e. The summed E-state index contributed by atoms with van der Waals surface area (Å²) in [5, 5.41) is 3.10. The van der Waals surface area contributed by atoms with E-state index in [9.17, 15) is 13.2 Å². The Labute approximate surface area is 193 Å². The summed E-state index contributed by atoms with van der Waals surface area (Å²) in [6, 6.07) is 18.0. The number of halogens is 1. The third-order valence-electron chi connectivity index (χ3n) is 5.17. The van der Waals surface area contributed by atoms with Crippen molar-refractivity contribution < 1.29 is 17.9 Å². The lowest BCUT2D eigenvalue weighted by molar-refractivity contribution is -0.117. The molecule has 32 heavy (non-hydrogen) atoms. The summed E-state index contributed by atoms with van der Waals surface area (Å²) in [4.78, 5) is 13.1. The van der Waals surface area contributed by atoms with E-state index in [1.807, 2.05) is 56.3 Å². The normalized spacial score (nSPS) is 12.2. The van der Waals surface area contributed by atoms with Crippen LogP contribution in [0.15, 0.2) is 71.6 Å². The van der Waals surface area contributed by atoms with E-state index in [1.54, 1.807) is 6.07 Å². The first-order chi connectivity index (χ1) is 15.2. The molecule has 0 aromatic heterocycles. The van der Waals surface area contributed by atoms with Crippen LogP contribution in [0, 0.1) is 13.8 Å². The average Bonchev–Trinajstić information content (AvgIpc) is 2.77. The summed E-state index contributed by atoms with van der Waals surface area (Å²) in [5.41, 5.74) is 3.38. The molecule has 0 fully saturated rings. The van der Waals surface area contributed by atoms with Gasteiger partial charge in [-0.15, -0.1) is 0 Å². The van der Waals surface area contributed by atoms with Crippen molar-refractivity contribution in [3.05, 3.63) is 88.4 Å². The van der Waals surface area contributed by atoms with Crippen LogP contribution < -0.4 is 14.8 Å². The van der Waals surface area contributed by atoms with Crippen LogP contribution in [0.1, 0.15) is 16.7 Å². The predicted molar refractivity (Wildman–Crippen MR) is 127 cm³/mol. The minimum absolute atomic E-state index is 0.134. The van der Waals surface area contributed by atoms with Crippen molar-refractivity contribution in [2.45, 2.75) is 31.2 Å². The standard InChI is InChI=1S/C24H25ClN2O4S/c1-16-8-7-11-20(17(16)2)26-24(28)21(14-18-9-5-4-6-10-18)27-32(29,30)23-15-19(25)12-13-22(23)31-3/h4-13,15,21,27H,14H2,1-3H3,(H,26,28). The molecule has 2 N–H and O–H groups in total. The van der Waals surface area contributed by atoms with Crippen molar-refractivity contribution in [2.75, 3.05) is 12.4 Å². The lowest BCUT2D eigenvalue weighted by Crippen LogP contribution is -2.45. The van der Waals surface area contributed by atoms with E-state index in [0.29, 0.717) is 5.69 Å². The van der Waals surface area contributed by atoms with Crippen molar-refractivity contribution in [1.29, 1.82) is 0 Å². The van der Waals surface area contributed by atoms with Gasteiger partial charge in [0.25, 0.3) is 0 Å². The van der Waals surface area contributed by atoms with Crippen molar-refractivity contribution in [2.24, 2.45) is 0 Å². The molecular formula is C24H25ClN2O4S. The fourth-order valence-corrected chi connectivity index (χ4v) is 4.88. The minimum atomic E-state index is -4.12. The monoisotopic (exact) mass is 472 g/mol. The van der Waals surface area contributed by atoms with Crippen LogP contribution in [0.5, 0.6) is 5.75 Å². The molecular weight excluding hydrogens is 448 g/mol. The first-order valence-electron chi connectivity index (χ1n) is 9.98. The number of amides is 1. The van der Waals surface area contributed by atoms with E-state index in [0.717, 1.165) is 16.7 Å². The van der Waals surface area contributed by atoms with Gasteiger partial charge < -0.3 is 10.1 Å². The van der Waals surface area contributed by atoms with Gasteiger partial charge in [-0.2, -0.15) is 4.72 Å². The first-order valence-corrected chi connectivity index (χ1v) is 11.8. The van der Waals surface area contributed by atoms with Crippen LogP contribution in [-0.2, 0) is 21.2 Å². The van der Waals surface area contributed by atoms with E-state index < -0.39 is 22.0 Å². The molecule has 168 valence electrons. The Morgan fingerprint density at radius 1 is 1.03 bits per heavy atom. The number of aryl methyl sites for hydroxylation is 1. The van der Waals surface area contributed by atoms with Crippen molar-refractivity contribution in [3.8, 4) is 5.75 Å². The first kappa shape index (κ1) is 23.8. The molecule has 0 aliphatic carbocycles. The fourth-order valence-electron chi connectivity index (χ4n) is 3.26. The number of hydrogen-bond acceptors (Lipinski definition) is 4. The predicted octanol–water partition coefficient (Wildman–Crippen LogP) is 4.49. The lowest BCUT2D eigenvalue weighted by atomic mass is 10.0. The largest absolute Gasteiger partial charge is 0.495 e. The molecule has 8 heteroatoms. The molecule has 0 saturated heterocycles. The Morgan fingerprint density at radius 3 is 2.44 bits per heavy atom. The van der Waals surface area contributed by atoms with E-state index in [-0.39, 0.29) is 22.1 Å². The number of hydrogen-bond donors (Lipinski definition) is 2. The number of carbonyl (C=O) groups is 1. The Morgan fingerprint density at radius 2 is 1.75 bits per heavy atom. The Bertz CT molecular complexity index is 1210. The molecule has 0 bridgehead atoms. The molecule has 0 heterocycles. The molecule has 3 aromatic carbocycles. The molecule has 1 amide bonds. The van der Waals surface area contributed by atoms with Gasteiger partial charge in [0.15, 0.2) is 0 Å². The van der Waals surface area contributed by atoms with Gasteiger partial charge in [-0.25, -0.2) is 8.42 Å². The molecule has 0 saturated carbocycles. The number of methoxy groups -OCH3 is 1. The van der Waals surface area contributed by atoms with E-state index >= 15 is 0 Å². The third kappa shape index (κ3) is 5.68. The third-order valence-corrected chi connectivity index (χ3v) is 6.90. The maximum absolute atomic E-state index is 13.2. The lowest BCUT2D eigenvalue weighted by Gasteiger charge is -2.20. The van der Waals surface area contributed by atoms with Crippen LogP contribution in [0.2, 0.25) is 5.02 Å². The van der Waals surface area contributed by atoms with Crippen LogP contribution in [-0.4, -0.2) is 27.5 Å². The summed E-state index contributed by atoms with van der Waals surface area (Å²) < 4.78 is 34.2. The van der Waals surface area contributed by atoms with E-state index in [2.05, 4.69) is 10.0 Å². The highest BCUT2D eigenvalue weighted by atomic mass is 35.5. The second-order valence-corrected chi connectivity index (χ2v) is 9.51. The number of ether oxygens (including phenoxy) is 1. The second kappa shape index (κ2) is 10.2. The Hall–Kier alpha value is -2.87. The SMILES string of the molecule is COc1ccc(Cl)cc1S(=O)(=O)NC(Cc1ccccc1)C(=O)Nc1cccc(C)c1C. The van der Waals surface area contributed by atoms with Gasteiger partial charge in [0.2, 0.25) is 15.9 Å². The van der Waals surface area contributed by atoms with Gasteiger partial charge in [-0.1, -0.05) is 54.1 Å². The summed E-state index contributed by atoms with van der Waals surface area (Å²) in [7, 11) is -2.75. The van der Waals surface area contributed by atoms with Gasteiger partial charge >= 0.3 is 0 Å². The number of anilines is 1. The highest BCUT2D eigenvalue weighted by Gasteiger charge is 2.29. The molecule has 3 rings (SSSR count). The molecule has 0 aliphatic rings. The molecule has 6 nitrogen and oxygen atoms in total. The summed E-state index contributed by atoms with van der Waals surface area (Å²) in [6.07, 6.45) is 0.166. The van der Waals surface area contributed by atoms with Gasteiger partial charge in [0.1, 0.15) is 16.7 Å². The molecule has 1 unspecified atom stereocenters. The van der Waals surface area contributed by atoms with E-state index in [4.69, 9.17) is 16.3 Å². The average molecular weight is 473 g/mol. The molecule has 0 spiro atoms. The fraction of sp³-hybridized carbons (Fsp3) is 0.208. The van der Waals surface area contributed by atoms with Gasteiger partial charge in [-0.3, -0.25) is 4.79 Å². The summed E-state index contributed by atoms with van der Waals surface area (Å²) >= 11 is 6.02. The van der Waals surface area contributed by atoms with Crippen LogP contribution in [0.25, 0.3) is 0 Å². The van der Waals surface area contributed by atoms with Gasteiger partial charge in [-0.05, 0) is 61.2 Å². The second-order valence-electron chi connectivity index (χ2n) is 7.40. The van der Waals surface area contributed by atoms with E-state index in [1.165, 1.54) is 25.3 Å². The molecule has 1 atom stereocenters. The van der Waals surface area contributed by atoms with Crippen molar-refractivity contribution in [3.63, 3.8) is 0 Å². The van der Waals surface area contributed by atoms with Crippen molar-refractivity contribution >= 4 is 33.2 Å². The van der Waals surface area contributed by atoms with Gasteiger partial charge in [0, 0.05) is 10.7 Å². The highest BCUT2D eigenvalue weighted by Crippen LogP contribution is 2.27. The Balaban J connectivity index is 1.95. The molecule has 3 aromatic rings. The molecule has 0 aliphatic heterocycles. The van der Waals surface area contributed by atoms with Crippen LogP contribution >= 0.6 is 11.6 Å². The number of rotatable bonds is 8. The van der Waals surface area contributed by atoms with Crippen LogP contribution in [0.3, 0.4) is 0 Å². The smallest absolute Gasteiger partial charge is 0.245 e. The summed E-state index contributed by atoms with van der Waals surface area (Å²) in [6.45, 7) is 3.85. The topological polar surface area (TPSA) is 84.5 Å². The molecule has 0 radical (unpaired) electrons. The zero-order valence-corrected chi connectivity index (χ0v) is 19.6. The van der Waals surface area contributed by atoms with Gasteiger partial charge in [0.05, 0.1) is 7.11 Å². The number of sulfonamides is 1. The summed E-state index contributed by atoms with van der Waals surface area (Å²) in [5.74, 6) is -0.331. The van der Waals surface area contributed by atoms with Crippen LogP contribution in [0.4, 0.5) is 5.69 Å². The highest BCUT2D eigenvalue weighted by molar-refractivity contribution is 7.89. The zero-order chi connectivity index (χ0) is 23.3. The number of benzene rings is 3. The zero-order valence-electron chi connectivity index (χ0n) is 18.1. The Kier molecular flexibility index (Phi) is 7.56. The quantitative estimate of drug-likeness (QED) is 0.505. The maximum Gasteiger partial charge on any atom is 0.245 e.